The summed E-state index contributed by atoms with van der Waals surface area (Å²) in [6, 6.07) is 0.563. The van der Waals surface area contributed by atoms with Gasteiger partial charge in [0, 0.05) is 42.3 Å². The van der Waals surface area contributed by atoms with Crippen molar-refractivity contribution in [2.45, 2.75) is 51.7 Å². The Balaban J connectivity index is 2.09. The summed E-state index contributed by atoms with van der Waals surface area (Å²) in [4.78, 5) is 16.7. The summed E-state index contributed by atoms with van der Waals surface area (Å²) in [5.74, 6) is 0. The molecule has 2 N–H and O–H groups in total. The van der Waals surface area contributed by atoms with Crippen LogP contribution in [-0.4, -0.2) is 34.6 Å². The van der Waals surface area contributed by atoms with Gasteiger partial charge >= 0.3 is 4.87 Å². The zero-order valence-electron chi connectivity index (χ0n) is 11.5. The molecular weight excluding hydrogens is 246 g/mol. The number of hydrogen-bond donors (Lipinski definition) is 2. The van der Waals surface area contributed by atoms with Crippen LogP contribution in [0.3, 0.4) is 0 Å². The first kappa shape index (κ1) is 13.8. The van der Waals surface area contributed by atoms with Crippen LogP contribution >= 0.6 is 11.3 Å². The molecule has 2 unspecified atom stereocenters. The molecule has 102 valence electrons. The molecule has 0 bridgehead atoms. The third-order valence-corrected chi connectivity index (χ3v) is 4.75. The Kier molecular flexibility index (Phi) is 4.25. The van der Waals surface area contributed by atoms with Crippen molar-refractivity contribution in [2.75, 3.05) is 13.1 Å². The van der Waals surface area contributed by atoms with Gasteiger partial charge < -0.3 is 10.3 Å². The van der Waals surface area contributed by atoms with Crippen molar-refractivity contribution in [3.05, 3.63) is 20.7 Å². The van der Waals surface area contributed by atoms with Crippen molar-refractivity contribution >= 4 is 11.3 Å². The van der Waals surface area contributed by atoms with E-state index in [2.05, 4.69) is 36.0 Å². The number of thiazole rings is 1. The summed E-state index contributed by atoms with van der Waals surface area (Å²) in [7, 11) is 0. The lowest BCUT2D eigenvalue weighted by atomic mass is 9.92. The predicted octanol–water partition coefficient (Wildman–Crippen LogP) is 1.79. The summed E-state index contributed by atoms with van der Waals surface area (Å²) in [5, 5.41) is 5.60. The summed E-state index contributed by atoms with van der Waals surface area (Å²) in [6.45, 7) is 9.67. The number of piperazine rings is 1. The van der Waals surface area contributed by atoms with E-state index in [0.717, 1.165) is 38.2 Å². The Morgan fingerprint density at radius 1 is 1.56 bits per heavy atom. The molecule has 0 aliphatic carbocycles. The van der Waals surface area contributed by atoms with Crippen LogP contribution in [0.15, 0.2) is 10.2 Å². The first-order valence-corrected chi connectivity index (χ1v) is 7.60. The van der Waals surface area contributed by atoms with Crippen LogP contribution in [0, 0.1) is 0 Å². The lowest BCUT2D eigenvalue weighted by Crippen LogP contribution is -2.62. The van der Waals surface area contributed by atoms with Crippen molar-refractivity contribution in [3.63, 3.8) is 0 Å². The highest BCUT2D eigenvalue weighted by Crippen LogP contribution is 2.21. The maximum absolute atomic E-state index is 11.2. The van der Waals surface area contributed by atoms with Gasteiger partial charge in [0.15, 0.2) is 0 Å². The minimum Gasteiger partial charge on any atom is -0.315 e. The Morgan fingerprint density at radius 3 is 2.89 bits per heavy atom. The van der Waals surface area contributed by atoms with Gasteiger partial charge in [0.05, 0.1) is 0 Å². The largest absolute Gasteiger partial charge is 0.315 e. The van der Waals surface area contributed by atoms with Crippen molar-refractivity contribution in [2.24, 2.45) is 0 Å². The van der Waals surface area contributed by atoms with E-state index >= 15 is 0 Å². The lowest BCUT2D eigenvalue weighted by molar-refractivity contribution is 0.0745. The van der Waals surface area contributed by atoms with E-state index in [1.807, 2.05) is 5.38 Å². The molecule has 1 aromatic rings. The number of rotatable bonds is 4. The molecule has 2 rings (SSSR count). The van der Waals surface area contributed by atoms with E-state index in [9.17, 15) is 4.79 Å². The van der Waals surface area contributed by atoms with Crippen LogP contribution in [0.5, 0.6) is 0 Å². The molecule has 2 atom stereocenters. The van der Waals surface area contributed by atoms with Gasteiger partial charge in [-0.1, -0.05) is 25.2 Å². The van der Waals surface area contributed by atoms with Gasteiger partial charge in [-0.3, -0.25) is 9.69 Å². The fraction of sp³-hybridized carbons (Fsp3) is 0.769. The minimum atomic E-state index is 0.0476. The summed E-state index contributed by atoms with van der Waals surface area (Å²) < 4.78 is 0. The van der Waals surface area contributed by atoms with Crippen LogP contribution in [0.25, 0.3) is 0 Å². The van der Waals surface area contributed by atoms with Crippen LogP contribution < -0.4 is 10.2 Å². The van der Waals surface area contributed by atoms with Gasteiger partial charge in [0.1, 0.15) is 0 Å². The molecule has 4 nitrogen and oxygen atoms in total. The standard InChI is InChI=1S/C13H23N3OS/c1-4-11-6-14-13(3,5-2)9-16(11)7-10-8-18-12(17)15-10/h8,11,14H,4-7,9H2,1-3H3,(H,15,17). The van der Waals surface area contributed by atoms with E-state index in [-0.39, 0.29) is 10.4 Å². The van der Waals surface area contributed by atoms with Crippen molar-refractivity contribution in [1.82, 2.24) is 15.2 Å². The predicted molar refractivity (Wildman–Crippen MR) is 76.1 cm³/mol. The van der Waals surface area contributed by atoms with Crippen LogP contribution in [0.1, 0.15) is 39.3 Å². The average Bonchev–Trinajstić information content (AvgIpc) is 2.75. The van der Waals surface area contributed by atoms with E-state index in [1.165, 1.54) is 11.3 Å². The van der Waals surface area contributed by atoms with E-state index in [1.54, 1.807) is 0 Å². The Morgan fingerprint density at radius 2 is 2.33 bits per heavy atom. The van der Waals surface area contributed by atoms with E-state index in [4.69, 9.17) is 0 Å². The van der Waals surface area contributed by atoms with E-state index < -0.39 is 0 Å². The monoisotopic (exact) mass is 269 g/mol. The van der Waals surface area contributed by atoms with Gasteiger partial charge in [-0.2, -0.15) is 0 Å². The average molecular weight is 269 g/mol. The van der Waals surface area contributed by atoms with Crippen molar-refractivity contribution < 1.29 is 0 Å². The zero-order chi connectivity index (χ0) is 13.2. The quantitative estimate of drug-likeness (QED) is 0.876. The second-order valence-electron chi connectivity index (χ2n) is 5.44. The molecule has 1 saturated heterocycles. The Labute approximate surface area is 112 Å². The molecule has 1 aromatic heterocycles. The van der Waals surface area contributed by atoms with Gasteiger partial charge in [0.25, 0.3) is 0 Å². The molecular formula is C13H23N3OS. The number of nitrogens with one attached hydrogen (secondary N) is 2. The third kappa shape index (κ3) is 3.02. The first-order valence-electron chi connectivity index (χ1n) is 6.72. The molecule has 0 aromatic carbocycles. The number of hydrogen-bond acceptors (Lipinski definition) is 4. The topological polar surface area (TPSA) is 48.1 Å². The van der Waals surface area contributed by atoms with Gasteiger partial charge in [-0.05, 0) is 19.8 Å². The molecule has 0 amide bonds. The third-order valence-electron chi connectivity index (χ3n) is 4.03. The van der Waals surface area contributed by atoms with Crippen LogP contribution in [0.4, 0.5) is 0 Å². The highest BCUT2D eigenvalue weighted by Gasteiger charge is 2.33. The van der Waals surface area contributed by atoms with Gasteiger partial charge in [-0.15, -0.1) is 0 Å². The maximum Gasteiger partial charge on any atom is 0.304 e. The molecule has 2 heterocycles. The molecule has 0 saturated carbocycles. The normalized spacial score (nSPS) is 29.6. The number of nitrogens with zero attached hydrogens (tertiary/aromatic N) is 1. The Bertz CT molecular complexity index is 441. The highest BCUT2D eigenvalue weighted by atomic mass is 32.1. The number of aromatic amines is 1. The maximum atomic E-state index is 11.2. The molecule has 0 radical (unpaired) electrons. The van der Waals surface area contributed by atoms with Crippen molar-refractivity contribution in [3.8, 4) is 0 Å². The smallest absolute Gasteiger partial charge is 0.304 e. The molecule has 0 spiro atoms. The molecule has 1 aliphatic heterocycles. The molecule has 1 aliphatic rings. The molecule has 5 heteroatoms. The van der Waals surface area contributed by atoms with Crippen molar-refractivity contribution in [1.29, 1.82) is 0 Å². The van der Waals surface area contributed by atoms with Crippen LogP contribution in [-0.2, 0) is 6.54 Å². The van der Waals surface area contributed by atoms with Gasteiger partial charge in [0.2, 0.25) is 0 Å². The van der Waals surface area contributed by atoms with E-state index in [0.29, 0.717) is 6.04 Å². The summed E-state index contributed by atoms with van der Waals surface area (Å²) in [5.41, 5.74) is 1.24. The molecule has 1 fully saturated rings. The lowest BCUT2D eigenvalue weighted by Gasteiger charge is -2.45. The number of aromatic nitrogens is 1. The van der Waals surface area contributed by atoms with Gasteiger partial charge in [-0.25, -0.2) is 0 Å². The second kappa shape index (κ2) is 5.55. The minimum absolute atomic E-state index is 0.0476. The number of H-pyrrole nitrogens is 1. The SMILES string of the molecule is CCC1CNC(C)(CC)CN1Cc1csc(=O)[nH]1. The fourth-order valence-corrected chi connectivity index (χ4v) is 3.13. The zero-order valence-corrected chi connectivity index (χ0v) is 12.3. The Hall–Kier alpha value is -0.650. The van der Waals surface area contributed by atoms with Crippen LogP contribution in [0.2, 0.25) is 0 Å². The molecule has 18 heavy (non-hydrogen) atoms. The fourth-order valence-electron chi connectivity index (χ4n) is 2.56. The summed E-state index contributed by atoms with van der Waals surface area (Å²) >= 11 is 1.25. The highest BCUT2D eigenvalue weighted by molar-refractivity contribution is 7.07. The second-order valence-corrected chi connectivity index (χ2v) is 6.28. The summed E-state index contributed by atoms with van der Waals surface area (Å²) in [6.07, 6.45) is 2.27. The first-order chi connectivity index (χ1) is 8.56.